The summed E-state index contributed by atoms with van der Waals surface area (Å²) in [5.41, 5.74) is 5.45. The van der Waals surface area contributed by atoms with E-state index < -0.39 is 0 Å². The molecule has 3 aromatic rings. The molecule has 2 atom stereocenters. The van der Waals surface area contributed by atoms with Crippen molar-refractivity contribution in [1.82, 2.24) is 15.6 Å². The molecule has 25 heavy (non-hydrogen) atoms. The van der Waals surface area contributed by atoms with Gasteiger partial charge in [0.05, 0.1) is 22.8 Å². The molecule has 0 saturated carbocycles. The number of thiazole rings is 1. The minimum Gasteiger partial charge on any atom is -0.496 e. The van der Waals surface area contributed by atoms with Crippen molar-refractivity contribution >= 4 is 21.6 Å². The number of nitrogens with zero attached hydrogens (tertiary/aromatic N) is 1. The Labute approximate surface area is 152 Å². The summed E-state index contributed by atoms with van der Waals surface area (Å²) in [5, 5.41) is 7.42. The van der Waals surface area contributed by atoms with Crippen molar-refractivity contribution in [2.24, 2.45) is 0 Å². The van der Waals surface area contributed by atoms with Gasteiger partial charge in [-0.3, -0.25) is 0 Å². The van der Waals surface area contributed by atoms with Crippen LogP contribution in [0.1, 0.15) is 30.0 Å². The molecule has 2 N–H and O–H groups in total. The molecule has 0 bridgehead atoms. The van der Waals surface area contributed by atoms with Crippen molar-refractivity contribution in [1.29, 1.82) is 0 Å². The van der Waals surface area contributed by atoms with Crippen LogP contribution >= 0.6 is 11.3 Å². The zero-order chi connectivity index (χ0) is 17.1. The third kappa shape index (κ3) is 3.54. The van der Waals surface area contributed by atoms with E-state index in [-0.39, 0.29) is 0 Å². The molecule has 2 aromatic carbocycles. The predicted octanol–water partition coefficient (Wildman–Crippen LogP) is 3.89. The molecule has 5 heteroatoms. The number of piperidine rings is 1. The van der Waals surface area contributed by atoms with Gasteiger partial charge in [0.15, 0.2) is 0 Å². The van der Waals surface area contributed by atoms with Crippen LogP contribution in [-0.4, -0.2) is 24.7 Å². The molecule has 0 amide bonds. The van der Waals surface area contributed by atoms with Gasteiger partial charge in [-0.2, -0.15) is 0 Å². The van der Waals surface area contributed by atoms with E-state index in [0.29, 0.717) is 12.1 Å². The number of nitrogens with one attached hydrogen (secondary N) is 2. The fourth-order valence-electron chi connectivity index (χ4n) is 3.62. The van der Waals surface area contributed by atoms with Gasteiger partial charge in [-0.25, -0.2) is 4.98 Å². The monoisotopic (exact) mass is 353 g/mol. The molecule has 0 radical (unpaired) electrons. The second-order valence-corrected chi connectivity index (χ2v) is 7.34. The molecule has 0 spiro atoms. The van der Waals surface area contributed by atoms with Crippen LogP contribution in [0.25, 0.3) is 10.2 Å². The van der Waals surface area contributed by atoms with Crippen molar-refractivity contribution in [3.63, 3.8) is 0 Å². The summed E-state index contributed by atoms with van der Waals surface area (Å²) in [5.74, 6) is 0.935. The molecule has 4 rings (SSSR count). The molecule has 1 aliphatic rings. The zero-order valence-electron chi connectivity index (χ0n) is 14.4. The van der Waals surface area contributed by atoms with Crippen LogP contribution < -0.4 is 15.4 Å². The Hall–Kier alpha value is -1.95. The van der Waals surface area contributed by atoms with Crippen molar-refractivity contribution < 1.29 is 4.74 Å². The molecule has 0 aliphatic carbocycles. The lowest BCUT2D eigenvalue weighted by Gasteiger charge is -2.34. The number of fused-ring (bicyclic) bond motifs is 1. The summed E-state index contributed by atoms with van der Waals surface area (Å²) in [6.45, 7) is 1.86. The van der Waals surface area contributed by atoms with Crippen LogP contribution in [-0.2, 0) is 6.54 Å². The second kappa shape index (κ2) is 7.52. The normalized spacial score (nSPS) is 20.7. The maximum Gasteiger partial charge on any atom is 0.124 e. The van der Waals surface area contributed by atoms with Gasteiger partial charge in [-0.1, -0.05) is 30.3 Å². The summed E-state index contributed by atoms with van der Waals surface area (Å²) >= 11 is 1.65. The Morgan fingerprint density at radius 3 is 3.00 bits per heavy atom. The standard InChI is InChI=1S/C20H23N3OS/c1-24-18-11-19-17(23-13-25-19)10-15(18)12-22-16-8-5-9-21-20(16)14-6-3-2-4-7-14/h2-4,6-7,10-11,13,16,20-22H,5,8-9,12H2,1H3/t16-,20-/m0/s1. The number of rotatable bonds is 5. The predicted molar refractivity (Wildman–Crippen MR) is 103 cm³/mol. The lowest BCUT2D eigenvalue weighted by atomic mass is 9.92. The second-order valence-electron chi connectivity index (χ2n) is 6.46. The van der Waals surface area contributed by atoms with Crippen LogP contribution in [0.5, 0.6) is 5.75 Å². The van der Waals surface area contributed by atoms with Gasteiger partial charge < -0.3 is 15.4 Å². The van der Waals surface area contributed by atoms with E-state index in [1.54, 1.807) is 18.4 Å². The Bertz CT molecular complexity index is 833. The van der Waals surface area contributed by atoms with Gasteiger partial charge >= 0.3 is 0 Å². The van der Waals surface area contributed by atoms with Crippen molar-refractivity contribution in [3.05, 3.63) is 59.1 Å². The van der Waals surface area contributed by atoms with Crippen LogP contribution in [0, 0.1) is 0 Å². The highest BCUT2D eigenvalue weighted by molar-refractivity contribution is 7.16. The number of hydrogen-bond acceptors (Lipinski definition) is 5. The molecule has 1 aromatic heterocycles. The minimum absolute atomic E-state index is 0.351. The topological polar surface area (TPSA) is 46.2 Å². The van der Waals surface area contributed by atoms with Crippen LogP contribution in [0.4, 0.5) is 0 Å². The van der Waals surface area contributed by atoms with Gasteiger partial charge in [0, 0.05) is 24.2 Å². The maximum absolute atomic E-state index is 5.60. The smallest absolute Gasteiger partial charge is 0.124 e. The number of aromatic nitrogens is 1. The van der Waals surface area contributed by atoms with Gasteiger partial charge in [0.25, 0.3) is 0 Å². The maximum atomic E-state index is 5.60. The fourth-order valence-corrected chi connectivity index (χ4v) is 4.30. The first-order valence-corrected chi connectivity index (χ1v) is 9.65. The van der Waals surface area contributed by atoms with Gasteiger partial charge in [0.2, 0.25) is 0 Å². The highest BCUT2D eigenvalue weighted by Crippen LogP contribution is 2.29. The van der Waals surface area contributed by atoms with Crippen molar-refractivity contribution in [3.8, 4) is 5.75 Å². The van der Waals surface area contributed by atoms with E-state index in [4.69, 9.17) is 4.74 Å². The molecule has 0 unspecified atom stereocenters. The summed E-state index contributed by atoms with van der Waals surface area (Å²) in [6.07, 6.45) is 2.37. The average molecular weight is 353 g/mol. The number of methoxy groups -OCH3 is 1. The summed E-state index contributed by atoms with van der Waals surface area (Å²) in [7, 11) is 1.74. The van der Waals surface area contributed by atoms with Crippen molar-refractivity contribution in [2.45, 2.75) is 31.5 Å². The molecule has 1 saturated heterocycles. The summed E-state index contributed by atoms with van der Waals surface area (Å²) < 4.78 is 6.77. The van der Waals surface area contributed by atoms with E-state index in [0.717, 1.165) is 24.4 Å². The Morgan fingerprint density at radius 2 is 2.16 bits per heavy atom. The molecule has 130 valence electrons. The van der Waals surface area contributed by atoms with Gasteiger partial charge in [-0.15, -0.1) is 11.3 Å². The molecular formula is C20H23N3OS. The largest absolute Gasteiger partial charge is 0.496 e. The van der Waals surface area contributed by atoms with Crippen molar-refractivity contribution in [2.75, 3.05) is 13.7 Å². The SMILES string of the molecule is COc1cc2scnc2cc1CN[C@H]1CCCN[C@H]1c1ccccc1. The minimum atomic E-state index is 0.351. The summed E-state index contributed by atoms with van der Waals surface area (Å²) in [4.78, 5) is 4.43. The summed E-state index contributed by atoms with van der Waals surface area (Å²) in [6, 6.07) is 15.7. The van der Waals surface area contributed by atoms with Crippen LogP contribution in [0.2, 0.25) is 0 Å². The number of benzene rings is 2. The quantitative estimate of drug-likeness (QED) is 0.730. The highest BCUT2D eigenvalue weighted by Gasteiger charge is 2.25. The molecule has 2 heterocycles. The van der Waals surface area contributed by atoms with E-state index in [2.05, 4.69) is 58.1 Å². The Balaban J connectivity index is 1.53. The first kappa shape index (κ1) is 16.5. The third-order valence-electron chi connectivity index (χ3n) is 4.91. The highest BCUT2D eigenvalue weighted by atomic mass is 32.1. The average Bonchev–Trinajstić information content (AvgIpc) is 3.13. The first-order valence-electron chi connectivity index (χ1n) is 8.77. The molecule has 4 nitrogen and oxygen atoms in total. The Morgan fingerprint density at radius 1 is 1.28 bits per heavy atom. The van der Waals surface area contributed by atoms with Gasteiger partial charge in [-0.05, 0) is 37.1 Å². The third-order valence-corrected chi connectivity index (χ3v) is 5.70. The van der Waals surface area contributed by atoms with Crippen LogP contribution in [0.3, 0.4) is 0 Å². The molecular weight excluding hydrogens is 330 g/mol. The molecule has 1 fully saturated rings. The lowest BCUT2D eigenvalue weighted by molar-refractivity contribution is 0.303. The first-order chi connectivity index (χ1) is 12.3. The fraction of sp³-hybridized carbons (Fsp3) is 0.350. The van der Waals surface area contributed by atoms with E-state index >= 15 is 0 Å². The van der Waals surface area contributed by atoms with E-state index in [1.165, 1.54) is 28.7 Å². The zero-order valence-corrected chi connectivity index (χ0v) is 15.2. The lowest BCUT2D eigenvalue weighted by Crippen LogP contribution is -2.45. The Kier molecular flexibility index (Phi) is 4.97. The van der Waals surface area contributed by atoms with Crippen LogP contribution in [0.15, 0.2) is 48.0 Å². The van der Waals surface area contributed by atoms with E-state index in [9.17, 15) is 0 Å². The number of ether oxygens (including phenoxy) is 1. The van der Waals surface area contributed by atoms with Gasteiger partial charge in [0.1, 0.15) is 5.75 Å². The molecule has 1 aliphatic heterocycles. The van der Waals surface area contributed by atoms with E-state index in [1.807, 2.05) is 5.51 Å². The number of hydrogen-bond donors (Lipinski definition) is 2.